The molecular weight excluding hydrogens is 82.1 g/mol. The lowest BCUT2D eigenvalue weighted by Gasteiger charge is -1.80. The maximum absolute atomic E-state index is 5.07. The Balaban J connectivity index is 2.19. The minimum Gasteiger partial charge on any atom is -0.322 e. The zero-order valence-electron chi connectivity index (χ0n) is 3.27. The number of hydrogen-bond acceptors (Lipinski definition) is 2. The van der Waals surface area contributed by atoms with E-state index in [-0.39, 0.29) is 0 Å². The molecule has 0 spiro atoms. The van der Waals surface area contributed by atoms with Crippen molar-refractivity contribution in [2.75, 3.05) is 5.88 Å². The maximum Gasteiger partial charge on any atom is 0.0395 e. The summed E-state index contributed by atoms with van der Waals surface area (Å²) in [4.78, 5) is 0. The second-order valence-corrected chi connectivity index (χ2v) is 1.71. The van der Waals surface area contributed by atoms with Crippen molar-refractivity contribution in [2.45, 2.75) is 6.92 Å². The van der Waals surface area contributed by atoms with Gasteiger partial charge in [0.2, 0.25) is 0 Å². The van der Waals surface area contributed by atoms with Gasteiger partial charge in [0.1, 0.15) is 0 Å². The van der Waals surface area contributed by atoms with Crippen LogP contribution in [0.2, 0.25) is 0 Å². The van der Waals surface area contributed by atoms with Crippen molar-refractivity contribution in [3.8, 4) is 0 Å². The molecule has 0 fully saturated rings. The van der Waals surface area contributed by atoms with Crippen molar-refractivity contribution < 1.29 is 0 Å². The average Bonchev–Trinajstić information content (AvgIpc) is 1.41. The number of rotatable bonds is 2. The maximum atomic E-state index is 5.07. The first-order valence-electron chi connectivity index (χ1n) is 1.51. The third-order valence-corrected chi connectivity index (χ3v) is 0.789. The van der Waals surface area contributed by atoms with Crippen LogP contribution < -0.4 is 5.73 Å². The second-order valence-electron chi connectivity index (χ2n) is 0.569. The Hall–Kier alpha value is 0.310. The molecule has 0 atom stereocenters. The molecule has 0 unspecified atom stereocenters. The van der Waals surface area contributed by atoms with Crippen LogP contribution in [0.5, 0.6) is 0 Å². The van der Waals surface area contributed by atoms with Crippen molar-refractivity contribution >= 4 is 11.8 Å². The largest absolute Gasteiger partial charge is 0.322 e. The Morgan fingerprint density at radius 2 is 2.60 bits per heavy atom. The standard InChI is InChI=1S/C3H8NS/c1-2-5-3-4/h2H,3-4H2,1H3. The molecule has 31 valence electrons. The molecule has 2 N–H and O–H groups in total. The first-order valence-corrected chi connectivity index (χ1v) is 2.56. The molecule has 0 aromatic heterocycles. The smallest absolute Gasteiger partial charge is 0.0395 e. The third kappa shape index (κ3) is 4.31. The van der Waals surface area contributed by atoms with E-state index in [0.717, 1.165) is 0 Å². The molecule has 0 rings (SSSR count). The zero-order chi connectivity index (χ0) is 4.12. The van der Waals surface area contributed by atoms with E-state index in [4.69, 9.17) is 5.73 Å². The van der Waals surface area contributed by atoms with Crippen LogP contribution in [-0.4, -0.2) is 5.88 Å². The van der Waals surface area contributed by atoms with Crippen molar-refractivity contribution in [3.05, 3.63) is 5.75 Å². The van der Waals surface area contributed by atoms with Crippen LogP contribution in [0.25, 0.3) is 0 Å². The van der Waals surface area contributed by atoms with E-state index >= 15 is 0 Å². The van der Waals surface area contributed by atoms with E-state index in [2.05, 4.69) is 0 Å². The van der Waals surface area contributed by atoms with Crippen molar-refractivity contribution in [1.82, 2.24) is 0 Å². The van der Waals surface area contributed by atoms with Gasteiger partial charge in [0.15, 0.2) is 0 Å². The molecule has 0 saturated heterocycles. The first kappa shape index (κ1) is 5.31. The molecule has 1 radical (unpaired) electrons. The fourth-order valence-corrected chi connectivity index (χ4v) is 0.289. The van der Waals surface area contributed by atoms with Gasteiger partial charge in [-0.15, -0.1) is 11.8 Å². The lowest BCUT2D eigenvalue weighted by Crippen LogP contribution is -1.89. The summed E-state index contributed by atoms with van der Waals surface area (Å²) < 4.78 is 0. The van der Waals surface area contributed by atoms with Crippen LogP contribution in [0.1, 0.15) is 6.92 Å². The zero-order valence-corrected chi connectivity index (χ0v) is 4.09. The summed E-state index contributed by atoms with van der Waals surface area (Å²) in [5, 5.41) is 0. The van der Waals surface area contributed by atoms with Crippen LogP contribution >= 0.6 is 11.8 Å². The summed E-state index contributed by atoms with van der Waals surface area (Å²) in [6.07, 6.45) is 0. The Bertz CT molecular complexity index is 14.4. The van der Waals surface area contributed by atoms with Gasteiger partial charge in [0.25, 0.3) is 0 Å². The molecule has 0 aliphatic carbocycles. The van der Waals surface area contributed by atoms with E-state index in [1.54, 1.807) is 11.8 Å². The third-order valence-electron chi connectivity index (χ3n) is 0.263. The summed E-state index contributed by atoms with van der Waals surface area (Å²) in [6, 6.07) is 0. The van der Waals surface area contributed by atoms with Crippen LogP contribution in [0.4, 0.5) is 0 Å². The molecule has 0 aliphatic heterocycles. The molecule has 1 nitrogen and oxygen atoms in total. The van der Waals surface area contributed by atoms with Gasteiger partial charge in [-0.1, -0.05) is 6.92 Å². The molecular formula is C3H8NS. The highest BCUT2D eigenvalue weighted by Gasteiger charge is 1.67. The van der Waals surface area contributed by atoms with E-state index < -0.39 is 0 Å². The Morgan fingerprint density at radius 3 is 2.60 bits per heavy atom. The van der Waals surface area contributed by atoms with Crippen LogP contribution in [0.3, 0.4) is 0 Å². The molecule has 0 amide bonds. The van der Waals surface area contributed by atoms with Gasteiger partial charge < -0.3 is 5.73 Å². The minimum absolute atomic E-state index is 0.705. The summed E-state index contributed by atoms with van der Waals surface area (Å²) in [6.45, 7) is 1.97. The number of thioether (sulfide) groups is 1. The Kier molecular flexibility index (Phi) is 4.58. The van der Waals surface area contributed by atoms with Gasteiger partial charge in [0.05, 0.1) is 0 Å². The summed E-state index contributed by atoms with van der Waals surface area (Å²) in [5.41, 5.74) is 5.07. The molecule has 0 aromatic rings. The highest BCUT2D eigenvalue weighted by molar-refractivity contribution is 8.01. The number of nitrogens with two attached hydrogens (primary N) is 1. The fourth-order valence-electron chi connectivity index (χ4n) is 0.0962. The highest BCUT2D eigenvalue weighted by atomic mass is 32.2. The van der Waals surface area contributed by atoms with Gasteiger partial charge in [-0.05, 0) is 0 Å². The topological polar surface area (TPSA) is 26.0 Å². The summed E-state index contributed by atoms with van der Waals surface area (Å²) in [5.74, 6) is 2.68. The first-order chi connectivity index (χ1) is 2.41. The quantitative estimate of drug-likeness (QED) is 0.508. The van der Waals surface area contributed by atoms with Crippen molar-refractivity contribution in [2.24, 2.45) is 5.73 Å². The Labute approximate surface area is 36.9 Å². The second kappa shape index (κ2) is 4.31. The van der Waals surface area contributed by atoms with Crippen molar-refractivity contribution in [1.29, 1.82) is 0 Å². The van der Waals surface area contributed by atoms with E-state index in [9.17, 15) is 0 Å². The van der Waals surface area contributed by atoms with Gasteiger partial charge in [-0.3, -0.25) is 0 Å². The van der Waals surface area contributed by atoms with Crippen molar-refractivity contribution in [3.63, 3.8) is 0 Å². The summed E-state index contributed by atoms with van der Waals surface area (Å²) in [7, 11) is 0. The highest BCUT2D eigenvalue weighted by Crippen LogP contribution is 1.96. The van der Waals surface area contributed by atoms with Crippen LogP contribution in [-0.2, 0) is 0 Å². The molecule has 0 bridgehead atoms. The number of hydrogen-bond donors (Lipinski definition) is 1. The van der Waals surface area contributed by atoms with E-state index in [1.165, 1.54) is 0 Å². The molecule has 0 saturated carbocycles. The van der Waals surface area contributed by atoms with E-state index in [0.29, 0.717) is 5.88 Å². The van der Waals surface area contributed by atoms with Crippen LogP contribution in [0.15, 0.2) is 0 Å². The predicted molar refractivity (Wildman–Crippen MR) is 26.6 cm³/mol. The molecule has 0 heterocycles. The SMILES string of the molecule is C[CH]SCN. The molecule has 0 aliphatic rings. The Morgan fingerprint density at radius 1 is 2.00 bits per heavy atom. The van der Waals surface area contributed by atoms with Gasteiger partial charge in [-0.2, -0.15) is 0 Å². The monoisotopic (exact) mass is 90.0 g/mol. The lowest BCUT2D eigenvalue weighted by atomic mass is 11.0. The fraction of sp³-hybridized carbons (Fsp3) is 0.667. The minimum atomic E-state index is 0.705. The molecule has 2 heteroatoms. The van der Waals surface area contributed by atoms with E-state index in [1.807, 2.05) is 12.7 Å². The summed E-state index contributed by atoms with van der Waals surface area (Å²) >= 11 is 1.62. The van der Waals surface area contributed by atoms with Gasteiger partial charge >= 0.3 is 0 Å². The predicted octanol–water partition coefficient (Wildman–Crippen LogP) is 0.817. The lowest BCUT2D eigenvalue weighted by molar-refractivity contribution is 1.40. The average molecular weight is 90.2 g/mol. The molecule has 0 aromatic carbocycles. The normalized spacial score (nSPS) is 8.40. The molecule has 5 heavy (non-hydrogen) atoms. The van der Waals surface area contributed by atoms with Gasteiger partial charge in [0, 0.05) is 11.6 Å². The van der Waals surface area contributed by atoms with Gasteiger partial charge in [-0.25, -0.2) is 0 Å². The van der Waals surface area contributed by atoms with Crippen LogP contribution in [0, 0.1) is 5.75 Å².